The normalized spacial score (nSPS) is 15.5. The van der Waals surface area contributed by atoms with Crippen LogP contribution < -0.4 is 15.4 Å². The number of piperidine rings is 1. The largest absolute Gasteiger partial charge is 0.435 e. The van der Waals surface area contributed by atoms with Gasteiger partial charge in [-0.05, 0) is 69.6 Å². The molecule has 2 N–H and O–H groups in total. The molecule has 0 atom stereocenters. The molecule has 1 heterocycles. The number of nitrogens with one attached hydrogen (secondary N) is 2. The van der Waals surface area contributed by atoms with Crippen molar-refractivity contribution in [2.75, 3.05) is 33.2 Å². The lowest BCUT2D eigenvalue weighted by Crippen LogP contribution is -2.41. The lowest BCUT2D eigenvalue weighted by Gasteiger charge is -2.31. The van der Waals surface area contributed by atoms with E-state index in [2.05, 4.69) is 20.3 Å². The highest BCUT2D eigenvalue weighted by atomic mass is 35.5. The van der Waals surface area contributed by atoms with Gasteiger partial charge < -0.3 is 15.4 Å². The molecule has 1 aromatic rings. The first-order valence-electron chi connectivity index (χ1n) is 8.74. The second-order valence-electron chi connectivity index (χ2n) is 6.41. The van der Waals surface area contributed by atoms with E-state index < -0.39 is 6.61 Å². The van der Waals surface area contributed by atoms with Gasteiger partial charge in [0.25, 0.3) is 0 Å². The first-order valence-corrected chi connectivity index (χ1v) is 8.74. The van der Waals surface area contributed by atoms with Gasteiger partial charge in [0.1, 0.15) is 5.75 Å². The van der Waals surface area contributed by atoms with Gasteiger partial charge in [-0.15, -0.1) is 12.4 Å². The monoisotopic (exact) mass is 391 g/mol. The van der Waals surface area contributed by atoms with Crippen LogP contribution in [-0.2, 0) is 11.3 Å². The molecule has 1 aliphatic heterocycles. The zero-order valence-electron chi connectivity index (χ0n) is 15.0. The first-order chi connectivity index (χ1) is 12.1. The molecule has 2 rings (SSSR count). The van der Waals surface area contributed by atoms with Crippen molar-refractivity contribution in [2.24, 2.45) is 5.92 Å². The van der Waals surface area contributed by atoms with Crippen molar-refractivity contribution in [1.82, 2.24) is 15.5 Å². The van der Waals surface area contributed by atoms with Crippen LogP contribution in [0.3, 0.4) is 0 Å². The predicted octanol–water partition coefficient (Wildman–Crippen LogP) is 2.65. The highest BCUT2D eigenvalue weighted by molar-refractivity contribution is 5.85. The van der Waals surface area contributed by atoms with E-state index in [4.69, 9.17) is 0 Å². The van der Waals surface area contributed by atoms with Crippen LogP contribution in [0, 0.1) is 5.92 Å². The Morgan fingerprint density at radius 2 is 1.92 bits per heavy atom. The number of benzene rings is 1. The van der Waals surface area contributed by atoms with Crippen molar-refractivity contribution in [3.63, 3.8) is 0 Å². The number of hydrogen-bond acceptors (Lipinski definition) is 4. The summed E-state index contributed by atoms with van der Waals surface area (Å²) >= 11 is 0. The summed E-state index contributed by atoms with van der Waals surface area (Å²) in [4.78, 5) is 14.2. The summed E-state index contributed by atoms with van der Waals surface area (Å²) in [5.74, 6) is 0.855. The molecule has 1 saturated heterocycles. The zero-order chi connectivity index (χ0) is 18.1. The second kappa shape index (κ2) is 12.0. The van der Waals surface area contributed by atoms with Crippen LogP contribution in [0.15, 0.2) is 24.3 Å². The van der Waals surface area contributed by atoms with Crippen LogP contribution in [0.2, 0.25) is 0 Å². The van der Waals surface area contributed by atoms with Crippen molar-refractivity contribution >= 4 is 18.3 Å². The van der Waals surface area contributed by atoms with Gasteiger partial charge >= 0.3 is 6.61 Å². The van der Waals surface area contributed by atoms with E-state index in [0.29, 0.717) is 13.1 Å². The van der Waals surface area contributed by atoms with Crippen LogP contribution in [0.1, 0.15) is 24.8 Å². The van der Waals surface area contributed by atoms with Gasteiger partial charge in [-0.3, -0.25) is 9.69 Å². The number of amides is 1. The molecule has 1 aromatic carbocycles. The van der Waals surface area contributed by atoms with Gasteiger partial charge in [-0.1, -0.05) is 12.1 Å². The molecule has 1 fully saturated rings. The molecule has 0 bridgehead atoms. The molecule has 0 saturated carbocycles. The van der Waals surface area contributed by atoms with Gasteiger partial charge in [0.05, 0.1) is 6.54 Å². The van der Waals surface area contributed by atoms with E-state index in [1.807, 2.05) is 7.05 Å². The summed E-state index contributed by atoms with van der Waals surface area (Å²) in [5, 5.41) is 6.05. The Hall–Kier alpha value is -1.44. The minimum atomic E-state index is -2.83. The van der Waals surface area contributed by atoms with Crippen molar-refractivity contribution in [1.29, 1.82) is 0 Å². The van der Waals surface area contributed by atoms with Gasteiger partial charge in [0.15, 0.2) is 0 Å². The zero-order valence-corrected chi connectivity index (χ0v) is 15.9. The summed E-state index contributed by atoms with van der Waals surface area (Å²) in [7, 11) is 1.97. The SMILES string of the molecule is CNCCC1CCN(CC(=O)NCc2ccc(OC(F)F)cc2)CC1.Cl. The standard InChI is InChI=1S/C18H27F2N3O2.ClH/c1-21-9-6-14-7-10-23(11-8-14)13-17(24)22-12-15-2-4-16(5-3-15)25-18(19)20;/h2-5,14,18,21H,6-13H2,1H3,(H,22,24);1H. The fourth-order valence-electron chi connectivity index (χ4n) is 3.03. The lowest BCUT2D eigenvalue weighted by atomic mass is 9.93. The molecule has 148 valence electrons. The fourth-order valence-corrected chi connectivity index (χ4v) is 3.03. The third kappa shape index (κ3) is 8.29. The topological polar surface area (TPSA) is 53.6 Å². The van der Waals surface area contributed by atoms with Gasteiger partial charge in [0, 0.05) is 6.54 Å². The third-order valence-electron chi connectivity index (χ3n) is 4.52. The number of carbonyl (C=O) groups excluding carboxylic acids is 1. The van der Waals surface area contributed by atoms with E-state index in [0.717, 1.165) is 44.0 Å². The number of carbonyl (C=O) groups is 1. The Bertz CT molecular complexity index is 524. The maximum Gasteiger partial charge on any atom is 0.387 e. The van der Waals surface area contributed by atoms with E-state index in [1.165, 1.54) is 18.6 Å². The van der Waals surface area contributed by atoms with Crippen LogP contribution in [-0.4, -0.2) is 50.6 Å². The van der Waals surface area contributed by atoms with E-state index in [9.17, 15) is 13.6 Å². The number of nitrogens with zero attached hydrogens (tertiary/aromatic N) is 1. The molecule has 1 aliphatic rings. The Kier molecular flexibility index (Phi) is 10.5. The van der Waals surface area contributed by atoms with Crippen LogP contribution >= 0.6 is 12.4 Å². The van der Waals surface area contributed by atoms with Crippen molar-refractivity contribution in [2.45, 2.75) is 32.4 Å². The van der Waals surface area contributed by atoms with Gasteiger partial charge in [-0.25, -0.2) is 0 Å². The molecule has 8 heteroatoms. The minimum Gasteiger partial charge on any atom is -0.435 e. The third-order valence-corrected chi connectivity index (χ3v) is 4.52. The Labute approximate surface area is 159 Å². The molecule has 0 aliphatic carbocycles. The van der Waals surface area contributed by atoms with Gasteiger partial charge in [-0.2, -0.15) is 8.78 Å². The van der Waals surface area contributed by atoms with Crippen molar-refractivity contribution < 1.29 is 18.3 Å². The van der Waals surface area contributed by atoms with Crippen LogP contribution in [0.5, 0.6) is 5.75 Å². The van der Waals surface area contributed by atoms with Crippen LogP contribution in [0.25, 0.3) is 0 Å². The number of alkyl halides is 2. The highest BCUT2D eigenvalue weighted by Gasteiger charge is 2.20. The maximum absolute atomic E-state index is 12.1. The average Bonchev–Trinajstić information content (AvgIpc) is 2.60. The fraction of sp³-hybridized carbons (Fsp3) is 0.611. The molecular weight excluding hydrogens is 364 g/mol. The molecule has 0 spiro atoms. The summed E-state index contributed by atoms with van der Waals surface area (Å²) < 4.78 is 28.5. The molecule has 0 radical (unpaired) electrons. The number of likely N-dealkylation sites (tertiary alicyclic amines) is 1. The minimum absolute atomic E-state index is 0. The lowest BCUT2D eigenvalue weighted by molar-refractivity contribution is -0.122. The number of halogens is 3. The number of rotatable bonds is 9. The van der Waals surface area contributed by atoms with Crippen molar-refractivity contribution in [3.8, 4) is 5.75 Å². The molecule has 0 unspecified atom stereocenters. The smallest absolute Gasteiger partial charge is 0.387 e. The maximum atomic E-state index is 12.1. The molecular formula is C18H28ClF2N3O2. The molecule has 26 heavy (non-hydrogen) atoms. The summed E-state index contributed by atoms with van der Waals surface area (Å²) in [6.45, 7) is 0.931. The second-order valence-corrected chi connectivity index (χ2v) is 6.41. The van der Waals surface area contributed by atoms with Crippen molar-refractivity contribution in [3.05, 3.63) is 29.8 Å². The number of hydrogen-bond donors (Lipinski definition) is 2. The van der Waals surface area contributed by atoms with E-state index in [1.54, 1.807) is 12.1 Å². The van der Waals surface area contributed by atoms with E-state index in [-0.39, 0.29) is 24.1 Å². The molecule has 5 nitrogen and oxygen atoms in total. The Balaban J connectivity index is 0.00000338. The number of ether oxygens (including phenoxy) is 1. The quantitative estimate of drug-likeness (QED) is 0.679. The summed E-state index contributed by atoms with van der Waals surface area (Å²) in [6.07, 6.45) is 3.48. The summed E-state index contributed by atoms with van der Waals surface area (Å²) in [5.41, 5.74) is 0.848. The Morgan fingerprint density at radius 3 is 2.50 bits per heavy atom. The highest BCUT2D eigenvalue weighted by Crippen LogP contribution is 2.19. The van der Waals surface area contributed by atoms with Crippen LogP contribution in [0.4, 0.5) is 8.78 Å². The van der Waals surface area contributed by atoms with Gasteiger partial charge in [0.2, 0.25) is 5.91 Å². The van der Waals surface area contributed by atoms with E-state index >= 15 is 0 Å². The summed E-state index contributed by atoms with van der Waals surface area (Å²) in [6, 6.07) is 6.30. The average molecular weight is 392 g/mol. The molecule has 1 amide bonds. The molecule has 0 aromatic heterocycles. The Morgan fingerprint density at radius 1 is 1.27 bits per heavy atom. The first kappa shape index (κ1) is 22.6. The predicted molar refractivity (Wildman–Crippen MR) is 99.9 cm³/mol.